The van der Waals surface area contributed by atoms with Crippen molar-refractivity contribution < 1.29 is 9.59 Å². The maximum absolute atomic E-state index is 11.4. The molecule has 5 heteroatoms. The second-order valence-electron chi connectivity index (χ2n) is 3.76. The molecule has 0 aromatic heterocycles. The van der Waals surface area contributed by atoms with E-state index >= 15 is 0 Å². The number of carbonyl (C=O) groups excluding carboxylic acids is 2. The molecule has 0 radical (unpaired) electrons. The van der Waals surface area contributed by atoms with E-state index < -0.39 is 6.03 Å². The van der Waals surface area contributed by atoms with Crippen molar-refractivity contribution in [2.24, 2.45) is 0 Å². The lowest BCUT2D eigenvalue weighted by Gasteiger charge is -2.27. The van der Waals surface area contributed by atoms with Crippen molar-refractivity contribution in [2.45, 2.75) is 13.5 Å². The van der Waals surface area contributed by atoms with Crippen LogP contribution in [0.3, 0.4) is 0 Å². The average molecular weight is 219 g/mol. The van der Waals surface area contributed by atoms with E-state index in [4.69, 9.17) is 0 Å². The number of aryl methyl sites for hydroxylation is 1. The molecule has 2 rings (SSSR count). The van der Waals surface area contributed by atoms with Crippen LogP contribution in [0.1, 0.15) is 11.1 Å². The Hall–Kier alpha value is -1.88. The van der Waals surface area contributed by atoms with E-state index in [1.807, 2.05) is 31.2 Å². The number of hydrogen-bond acceptors (Lipinski definition) is 3. The van der Waals surface area contributed by atoms with Gasteiger partial charge in [0, 0.05) is 0 Å². The van der Waals surface area contributed by atoms with Crippen LogP contribution in [-0.2, 0) is 11.3 Å². The second-order valence-corrected chi connectivity index (χ2v) is 3.76. The van der Waals surface area contributed by atoms with Crippen LogP contribution in [0, 0.1) is 6.92 Å². The molecular weight excluding hydrogens is 206 g/mol. The Morgan fingerprint density at radius 2 is 1.94 bits per heavy atom. The van der Waals surface area contributed by atoms with Gasteiger partial charge >= 0.3 is 6.03 Å². The highest BCUT2D eigenvalue weighted by atomic mass is 16.2. The fourth-order valence-electron chi connectivity index (χ4n) is 1.47. The van der Waals surface area contributed by atoms with Gasteiger partial charge < -0.3 is 0 Å². The van der Waals surface area contributed by atoms with Crippen LogP contribution in [0.15, 0.2) is 24.3 Å². The summed E-state index contributed by atoms with van der Waals surface area (Å²) in [6.45, 7) is 2.59. The summed E-state index contributed by atoms with van der Waals surface area (Å²) in [4.78, 5) is 22.3. The van der Waals surface area contributed by atoms with Gasteiger partial charge in [0.1, 0.15) is 0 Å². The van der Waals surface area contributed by atoms with Crippen LogP contribution in [-0.4, -0.2) is 23.5 Å². The van der Waals surface area contributed by atoms with Crippen molar-refractivity contribution in [3.8, 4) is 0 Å². The monoisotopic (exact) mass is 219 g/mol. The maximum atomic E-state index is 11.4. The summed E-state index contributed by atoms with van der Waals surface area (Å²) < 4.78 is 0. The fourth-order valence-corrected chi connectivity index (χ4v) is 1.47. The number of rotatable bonds is 2. The number of nitrogens with zero attached hydrogens (tertiary/aromatic N) is 1. The lowest BCUT2D eigenvalue weighted by Crippen LogP contribution is -2.58. The summed E-state index contributed by atoms with van der Waals surface area (Å²) in [6, 6.07) is 7.49. The standard InChI is InChI=1S/C11H13N3O2/c1-8-2-4-9(5-3-8)7-14-11(16)13-10(15)6-12-14/h2-5,12H,6-7H2,1H3,(H,13,15,16). The average Bonchev–Trinajstić information content (AvgIpc) is 2.25. The Morgan fingerprint density at radius 3 is 2.56 bits per heavy atom. The Bertz CT molecular complexity index is 414. The summed E-state index contributed by atoms with van der Waals surface area (Å²) in [6.07, 6.45) is 0. The number of imide groups is 1. The number of amides is 3. The van der Waals surface area contributed by atoms with Gasteiger partial charge in [0.25, 0.3) is 0 Å². The van der Waals surface area contributed by atoms with Crippen LogP contribution in [0.25, 0.3) is 0 Å². The lowest BCUT2D eigenvalue weighted by molar-refractivity contribution is -0.121. The summed E-state index contributed by atoms with van der Waals surface area (Å²) in [5.74, 6) is -0.301. The van der Waals surface area contributed by atoms with E-state index in [-0.39, 0.29) is 12.5 Å². The molecule has 0 spiro atoms. The zero-order chi connectivity index (χ0) is 11.5. The quantitative estimate of drug-likeness (QED) is 0.763. The maximum Gasteiger partial charge on any atom is 0.338 e. The van der Waals surface area contributed by atoms with Crippen molar-refractivity contribution in [1.82, 2.24) is 15.8 Å². The van der Waals surface area contributed by atoms with Gasteiger partial charge in [-0.25, -0.2) is 10.2 Å². The highest BCUT2D eigenvalue weighted by Gasteiger charge is 2.22. The zero-order valence-corrected chi connectivity index (χ0v) is 8.99. The summed E-state index contributed by atoms with van der Waals surface area (Å²) in [5, 5.41) is 3.64. The molecule has 1 aromatic carbocycles. The van der Waals surface area contributed by atoms with Gasteiger partial charge in [0.2, 0.25) is 5.91 Å². The van der Waals surface area contributed by atoms with Crippen molar-refractivity contribution in [2.75, 3.05) is 6.54 Å². The van der Waals surface area contributed by atoms with Crippen LogP contribution < -0.4 is 10.7 Å². The van der Waals surface area contributed by atoms with Gasteiger partial charge in [-0.2, -0.15) is 0 Å². The number of carbonyl (C=O) groups is 2. The molecular formula is C11H13N3O2. The molecule has 16 heavy (non-hydrogen) atoms. The number of hydrazine groups is 1. The fraction of sp³-hybridized carbons (Fsp3) is 0.273. The molecule has 1 heterocycles. The Balaban J connectivity index is 2.02. The number of benzene rings is 1. The Kier molecular flexibility index (Phi) is 2.87. The Morgan fingerprint density at radius 1 is 1.25 bits per heavy atom. The van der Waals surface area contributed by atoms with E-state index in [0.717, 1.165) is 5.56 Å². The molecule has 0 unspecified atom stereocenters. The molecule has 1 aliphatic rings. The molecule has 1 fully saturated rings. The number of urea groups is 1. The lowest BCUT2D eigenvalue weighted by atomic mass is 10.1. The van der Waals surface area contributed by atoms with Gasteiger partial charge in [0.15, 0.2) is 0 Å². The molecule has 3 amide bonds. The van der Waals surface area contributed by atoms with E-state index in [0.29, 0.717) is 6.54 Å². The largest absolute Gasteiger partial charge is 0.338 e. The smallest absolute Gasteiger partial charge is 0.276 e. The minimum Gasteiger partial charge on any atom is -0.276 e. The van der Waals surface area contributed by atoms with E-state index in [9.17, 15) is 9.59 Å². The number of nitrogens with one attached hydrogen (secondary N) is 2. The van der Waals surface area contributed by atoms with Crippen LogP contribution in [0.4, 0.5) is 4.79 Å². The SMILES string of the molecule is Cc1ccc(CN2NCC(=O)NC2=O)cc1. The molecule has 5 nitrogen and oxygen atoms in total. The van der Waals surface area contributed by atoms with Crippen molar-refractivity contribution in [3.63, 3.8) is 0 Å². The molecule has 0 saturated carbocycles. The third-order valence-electron chi connectivity index (χ3n) is 2.38. The summed E-state index contributed by atoms with van der Waals surface area (Å²) in [7, 11) is 0. The summed E-state index contributed by atoms with van der Waals surface area (Å²) in [5.41, 5.74) is 4.95. The first-order valence-electron chi connectivity index (χ1n) is 5.05. The third-order valence-corrected chi connectivity index (χ3v) is 2.38. The molecule has 0 bridgehead atoms. The Labute approximate surface area is 93.4 Å². The highest BCUT2D eigenvalue weighted by molar-refractivity contribution is 5.97. The van der Waals surface area contributed by atoms with Gasteiger partial charge in [-0.3, -0.25) is 15.1 Å². The highest BCUT2D eigenvalue weighted by Crippen LogP contribution is 2.06. The third kappa shape index (κ3) is 2.38. The predicted molar refractivity (Wildman–Crippen MR) is 58.3 cm³/mol. The molecule has 0 atom stereocenters. The zero-order valence-electron chi connectivity index (χ0n) is 8.99. The van der Waals surface area contributed by atoms with Gasteiger partial charge in [-0.05, 0) is 12.5 Å². The predicted octanol–water partition coefficient (Wildman–Crippen LogP) is 0.551. The molecule has 1 saturated heterocycles. The minimum absolute atomic E-state index is 0.137. The van der Waals surface area contributed by atoms with Crippen molar-refractivity contribution in [1.29, 1.82) is 0 Å². The van der Waals surface area contributed by atoms with Crippen LogP contribution in [0.2, 0.25) is 0 Å². The molecule has 84 valence electrons. The topological polar surface area (TPSA) is 61.4 Å². The molecule has 0 aliphatic carbocycles. The molecule has 1 aromatic rings. The van der Waals surface area contributed by atoms with E-state index in [1.165, 1.54) is 10.6 Å². The first-order valence-corrected chi connectivity index (χ1v) is 5.05. The van der Waals surface area contributed by atoms with Crippen molar-refractivity contribution in [3.05, 3.63) is 35.4 Å². The van der Waals surface area contributed by atoms with Crippen molar-refractivity contribution >= 4 is 11.9 Å². The molecule has 2 N–H and O–H groups in total. The van der Waals surface area contributed by atoms with Crippen LogP contribution >= 0.6 is 0 Å². The normalized spacial score (nSPS) is 16.2. The van der Waals surface area contributed by atoms with Gasteiger partial charge in [-0.15, -0.1) is 0 Å². The van der Waals surface area contributed by atoms with E-state index in [2.05, 4.69) is 10.7 Å². The summed E-state index contributed by atoms with van der Waals surface area (Å²) >= 11 is 0. The minimum atomic E-state index is -0.406. The first kappa shape index (κ1) is 10.6. The van der Waals surface area contributed by atoms with Gasteiger partial charge in [0.05, 0.1) is 13.1 Å². The first-order chi connectivity index (χ1) is 7.65. The van der Waals surface area contributed by atoms with Gasteiger partial charge in [-0.1, -0.05) is 29.8 Å². The number of hydrogen-bond donors (Lipinski definition) is 2. The van der Waals surface area contributed by atoms with Crippen LogP contribution in [0.5, 0.6) is 0 Å². The second kappa shape index (κ2) is 4.32. The van der Waals surface area contributed by atoms with E-state index in [1.54, 1.807) is 0 Å². The molecule has 1 aliphatic heterocycles.